The van der Waals surface area contributed by atoms with Crippen LogP contribution in [-0.4, -0.2) is 30.4 Å². The average Bonchev–Trinajstić information content (AvgIpc) is 2.46. The summed E-state index contributed by atoms with van der Waals surface area (Å²) in [4.78, 5) is 10.6. The van der Waals surface area contributed by atoms with Crippen LogP contribution in [-0.2, 0) is 6.54 Å². The average molecular weight is 310 g/mol. The number of benzene rings is 1. The molecule has 4 nitrogen and oxygen atoms in total. The molecule has 0 radical (unpaired) electrons. The highest BCUT2D eigenvalue weighted by molar-refractivity contribution is 7.98. The highest BCUT2D eigenvalue weighted by Crippen LogP contribution is 2.21. The fourth-order valence-corrected chi connectivity index (χ4v) is 2.40. The second-order valence-corrected chi connectivity index (χ2v) is 5.40. The first-order chi connectivity index (χ1) is 9.62. The summed E-state index contributed by atoms with van der Waals surface area (Å²) >= 11 is 7.49. The van der Waals surface area contributed by atoms with E-state index >= 15 is 0 Å². The fourth-order valence-electron chi connectivity index (χ4n) is 1.80. The van der Waals surface area contributed by atoms with Crippen molar-refractivity contribution in [3.05, 3.63) is 41.0 Å². The van der Waals surface area contributed by atoms with Crippen molar-refractivity contribution in [3.63, 3.8) is 0 Å². The summed E-state index contributed by atoms with van der Waals surface area (Å²) in [5.74, 6) is 1.65. The molecule has 0 aliphatic rings. The van der Waals surface area contributed by atoms with Gasteiger partial charge in [-0.2, -0.15) is 0 Å². The predicted molar refractivity (Wildman–Crippen MR) is 83.9 cm³/mol. The monoisotopic (exact) mass is 309 g/mol. The molecular weight excluding hydrogens is 294 g/mol. The third kappa shape index (κ3) is 3.77. The zero-order valence-corrected chi connectivity index (χ0v) is 13.2. The highest BCUT2D eigenvalue weighted by atomic mass is 35.5. The number of nitrogens with zero attached hydrogens (tertiary/aromatic N) is 3. The Kier molecular flexibility index (Phi) is 5.09. The van der Waals surface area contributed by atoms with Crippen molar-refractivity contribution in [1.29, 1.82) is 0 Å². The van der Waals surface area contributed by atoms with Crippen molar-refractivity contribution in [2.75, 3.05) is 25.3 Å². The molecule has 0 amide bonds. The third-order valence-corrected chi connectivity index (χ3v) is 3.53. The van der Waals surface area contributed by atoms with Gasteiger partial charge in [0.2, 0.25) is 0 Å². The van der Waals surface area contributed by atoms with Crippen molar-refractivity contribution in [1.82, 2.24) is 9.97 Å². The second kappa shape index (κ2) is 6.81. The SMILES string of the molecule is COc1cccc(CN(C)c2cc(Cl)nc(SC)n2)c1. The van der Waals surface area contributed by atoms with E-state index in [4.69, 9.17) is 16.3 Å². The number of rotatable bonds is 5. The fraction of sp³-hybridized carbons (Fsp3) is 0.286. The van der Waals surface area contributed by atoms with Gasteiger partial charge in [0.25, 0.3) is 0 Å². The zero-order chi connectivity index (χ0) is 14.5. The van der Waals surface area contributed by atoms with Crippen molar-refractivity contribution in [3.8, 4) is 5.75 Å². The van der Waals surface area contributed by atoms with Crippen molar-refractivity contribution in [2.45, 2.75) is 11.7 Å². The molecule has 0 aliphatic carbocycles. The molecule has 20 heavy (non-hydrogen) atoms. The molecule has 0 spiro atoms. The van der Waals surface area contributed by atoms with Gasteiger partial charge >= 0.3 is 0 Å². The lowest BCUT2D eigenvalue weighted by Gasteiger charge is -2.19. The molecule has 0 unspecified atom stereocenters. The van der Waals surface area contributed by atoms with Crippen molar-refractivity contribution < 1.29 is 4.74 Å². The van der Waals surface area contributed by atoms with Gasteiger partial charge in [-0.25, -0.2) is 9.97 Å². The summed E-state index contributed by atoms with van der Waals surface area (Å²) in [5, 5.41) is 1.13. The number of hydrogen-bond donors (Lipinski definition) is 0. The maximum Gasteiger partial charge on any atom is 0.190 e. The van der Waals surface area contributed by atoms with Gasteiger partial charge in [-0.15, -0.1) is 0 Å². The number of methoxy groups -OCH3 is 1. The molecule has 1 aromatic carbocycles. The van der Waals surface area contributed by atoms with E-state index in [2.05, 4.69) is 16.0 Å². The summed E-state index contributed by atoms with van der Waals surface area (Å²) in [6.45, 7) is 0.721. The van der Waals surface area contributed by atoms with Crippen LogP contribution in [0.15, 0.2) is 35.5 Å². The molecule has 2 aromatic rings. The first-order valence-corrected chi connectivity index (χ1v) is 7.65. The van der Waals surface area contributed by atoms with E-state index in [1.165, 1.54) is 11.8 Å². The normalized spacial score (nSPS) is 10.4. The largest absolute Gasteiger partial charge is 0.497 e. The van der Waals surface area contributed by atoms with Crippen LogP contribution < -0.4 is 9.64 Å². The van der Waals surface area contributed by atoms with E-state index in [1.54, 1.807) is 13.2 Å². The van der Waals surface area contributed by atoms with Gasteiger partial charge in [-0.3, -0.25) is 0 Å². The van der Waals surface area contributed by atoms with Gasteiger partial charge < -0.3 is 9.64 Å². The quantitative estimate of drug-likeness (QED) is 0.480. The summed E-state index contributed by atoms with van der Waals surface area (Å²) in [5.41, 5.74) is 1.15. The second-order valence-electron chi connectivity index (χ2n) is 4.24. The minimum absolute atomic E-state index is 0.455. The Balaban J connectivity index is 2.18. The molecule has 2 rings (SSSR count). The Morgan fingerprint density at radius 2 is 2.10 bits per heavy atom. The van der Waals surface area contributed by atoms with Crippen LogP contribution in [0.2, 0.25) is 5.15 Å². The smallest absolute Gasteiger partial charge is 0.190 e. The summed E-state index contributed by atoms with van der Waals surface area (Å²) < 4.78 is 5.23. The predicted octanol–water partition coefficient (Wildman–Crippen LogP) is 3.50. The van der Waals surface area contributed by atoms with E-state index in [0.717, 1.165) is 23.7 Å². The molecule has 0 fully saturated rings. The molecule has 106 valence electrons. The lowest BCUT2D eigenvalue weighted by Crippen LogP contribution is -2.18. The minimum Gasteiger partial charge on any atom is -0.497 e. The standard InChI is InChI=1S/C14H16ClN3OS/c1-18(9-10-5-4-6-11(7-10)19-2)13-8-12(15)16-14(17-13)20-3/h4-8H,9H2,1-3H3. The number of anilines is 1. The number of hydrogen-bond acceptors (Lipinski definition) is 5. The molecular formula is C14H16ClN3OS. The Bertz CT molecular complexity index is 594. The van der Waals surface area contributed by atoms with Crippen LogP contribution in [0.25, 0.3) is 0 Å². The Labute approximate surface area is 128 Å². The van der Waals surface area contributed by atoms with E-state index < -0.39 is 0 Å². The number of halogens is 1. The number of thioether (sulfide) groups is 1. The Morgan fingerprint density at radius 3 is 2.80 bits per heavy atom. The van der Waals surface area contributed by atoms with Gasteiger partial charge in [0.15, 0.2) is 5.16 Å². The molecule has 0 bridgehead atoms. The zero-order valence-electron chi connectivity index (χ0n) is 11.6. The van der Waals surface area contributed by atoms with Crippen molar-refractivity contribution >= 4 is 29.2 Å². The molecule has 1 aromatic heterocycles. The van der Waals surface area contributed by atoms with Crippen molar-refractivity contribution in [2.24, 2.45) is 0 Å². The first-order valence-electron chi connectivity index (χ1n) is 6.05. The van der Waals surface area contributed by atoms with Gasteiger partial charge in [-0.1, -0.05) is 35.5 Å². The Hall–Kier alpha value is -1.46. The van der Waals surface area contributed by atoms with Gasteiger partial charge in [0.1, 0.15) is 16.7 Å². The lowest BCUT2D eigenvalue weighted by atomic mass is 10.2. The maximum absolute atomic E-state index is 6.01. The molecule has 6 heteroatoms. The Morgan fingerprint density at radius 1 is 1.30 bits per heavy atom. The van der Waals surface area contributed by atoms with Crippen LogP contribution >= 0.6 is 23.4 Å². The van der Waals surface area contributed by atoms with Gasteiger partial charge in [0.05, 0.1) is 7.11 Å². The van der Waals surface area contributed by atoms with E-state index in [-0.39, 0.29) is 0 Å². The maximum atomic E-state index is 6.01. The van der Waals surface area contributed by atoms with Gasteiger partial charge in [0, 0.05) is 19.7 Å². The summed E-state index contributed by atoms with van der Waals surface area (Å²) in [6, 6.07) is 9.73. The van der Waals surface area contributed by atoms with E-state index in [9.17, 15) is 0 Å². The lowest BCUT2D eigenvalue weighted by molar-refractivity contribution is 0.414. The van der Waals surface area contributed by atoms with E-state index in [0.29, 0.717) is 10.3 Å². The van der Waals surface area contributed by atoms with Crippen LogP contribution in [0.3, 0.4) is 0 Å². The topological polar surface area (TPSA) is 38.2 Å². The molecule has 0 saturated heterocycles. The minimum atomic E-state index is 0.455. The summed E-state index contributed by atoms with van der Waals surface area (Å²) in [7, 11) is 3.64. The van der Waals surface area contributed by atoms with Gasteiger partial charge in [-0.05, 0) is 24.0 Å². The van der Waals surface area contributed by atoms with E-state index in [1.807, 2.05) is 36.4 Å². The molecule has 0 N–H and O–H groups in total. The molecule has 0 atom stereocenters. The highest BCUT2D eigenvalue weighted by Gasteiger charge is 2.08. The van der Waals surface area contributed by atoms with Crippen LogP contribution in [0.4, 0.5) is 5.82 Å². The molecule has 0 saturated carbocycles. The first kappa shape index (κ1) is 14.9. The molecule has 1 heterocycles. The van der Waals surface area contributed by atoms with Crippen LogP contribution in [0, 0.1) is 0 Å². The third-order valence-electron chi connectivity index (χ3n) is 2.79. The number of ether oxygens (including phenoxy) is 1. The molecule has 0 aliphatic heterocycles. The summed E-state index contributed by atoms with van der Waals surface area (Å²) in [6.07, 6.45) is 1.93. The van der Waals surface area contributed by atoms with Crippen LogP contribution in [0.1, 0.15) is 5.56 Å². The van der Waals surface area contributed by atoms with Crippen LogP contribution in [0.5, 0.6) is 5.75 Å². The number of aromatic nitrogens is 2.